The Labute approximate surface area is 122 Å². The van der Waals surface area contributed by atoms with Crippen LogP contribution in [0, 0.1) is 0 Å². The summed E-state index contributed by atoms with van der Waals surface area (Å²) >= 11 is 6.55. The van der Waals surface area contributed by atoms with E-state index in [4.69, 9.17) is 18.0 Å². The number of hydrogen-bond acceptors (Lipinski definition) is 6. The second kappa shape index (κ2) is 5.64. The molecule has 0 radical (unpaired) electrons. The third-order valence-corrected chi connectivity index (χ3v) is 5.76. The maximum Gasteiger partial charge on any atom is 0.169 e. The van der Waals surface area contributed by atoms with Gasteiger partial charge in [-0.15, -0.1) is 0 Å². The zero-order valence-corrected chi connectivity index (χ0v) is 12.9. The lowest BCUT2D eigenvalue weighted by atomic mass is 10.3. The molecule has 0 saturated carbocycles. The van der Waals surface area contributed by atoms with Gasteiger partial charge in [0.15, 0.2) is 9.84 Å². The molecule has 1 unspecified atom stereocenters. The standard InChI is InChI=1S/C11H15N3O2S3/c1-19(15,16)10-7-18-5-4-14(10)8-2-3-13-9(6-8)11(12)17/h2-3,6,10H,4-5,7H2,1H3,(H2,12,17). The van der Waals surface area contributed by atoms with Crippen molar-refractivity contribution < 1.29 is 8.42 Å². The van der Waals surface area contributed by atoms with Crippen LogP contribution in [0.25, 0.3) is 0 Å². The predicted octanol–water partition coefficient (Wildman–Crippen LogP) is 0.640. The second-order valence-electron chi connectivity index (χ2n) is 4.32. The quantitative estimate of drug-likeness (QED) is 0.820. The van der Waals surface area contributed by atoms with Crippen LogP contribution in [-0.2, 0) is 9.84 Å². The molecule has 1 aromatic rings. The first-order valence-electron chi connectivity index (χ1n) is 5.68. The fourth-order valence-electron chi connectivity index (χ4n) is 1.96. The van der Waals surface area contributed by atoms with Crippen LogP contribution < -0.4 is 10.6 Å². The van der Waals surface area contributed by atoms with Crippen LogP contribution in [0.3, 0.4) is 0 Å². The molecule has 19 heavy (non-hydrogen) atoms. The van der Waals surface area contributed by atoms with E-state index in [1.807, 2.05) is 4.90 Å². The summed E-state index contributed by atoms with van der Waals surface area (Å²) in [5.41, 5.74) is 6.87. The highest BCUT2D eigenvalue weighted by Crippen LogP contribution is 2.26. The van der Waals surface area contributed by atoms with Crippen LogP contribution >= 0.6 is 24.0 Å². The van der Waals surface area contributed by atoms with Crippen LogP contribution in [0.4, 0.5) is 5.69 Å². The number of nitrogens with two attached hydrogens (primary N) is 1. The lowest BCUT2D eigenvalue weighted by Crippen LogP contribution is -2.47. The SMILES string of the molecule is CS(=O)(=O)C1CSCCN1c1ccnc(C(N)=S)c1. The van der Waals surface area contributed by atoms with Crippen molar-refractivity contribution in [3.8, 4) is 0 Å². The van der Waals surface area contributed by atoms with Gasteiger partial charge in [0.2, 0.25) is 0 Å². The van der Waals surface area contributed by atoms with E-state index in [-0.39, 0.29) is 4.99 Å². The fraction of sp³-hybridized carbons (Fsp3) is 0.455. The van der Waals surface area contributed by atoms with Gasteiger partial charge in [0.1, 0.15) is 10.4 Å². The smallest absolute Gasteiger partial charge is 0.169 e. The van der Waals surface area contributed by atoms with Gasteiger partial charge in [-0.1, -0.05) is 12.2 Å². The van der Waals surface area contributed by atoms with Gasteiger partial charge in [-0.25, -0.2) is 8.42 Å². The molecule has 1 aliphatic heterocycles. The molecule has 2 N–H and O–H groups in total. The van der Waals surface area contributed by atoms with Crippen molar-refractivity contribution in [3.05, 3.63) is 24.0 Å². The topological polar surface area (TPSA) is 76.3 Å². The molecule has 5 nitrogen and oxygen atoms in total. The van der Waals surface area contributed by atoms with E-state index in [0.29, 0.717) is 18.0 Å². The van der Waals surface area contributed by atoms with Crippen molar-refractivity contribution >= 4 is 44.5 Å². The zero-order chi connectivity index (χ0) is 14.0. The van der Waals surface area contributed by atoms with Crippen LogP contribution in [0.1, 0.15) is 5.69 Å². The number of rotatable bonds is 3. The van der Waals surface area contributed by atoms with Gasteiger partial charge < -0.3 is 10.6 Å². The van der Waals surface area contributed by atoms with E-state index >= 15 is 0 Å². The molecule has 1 aliphatic rings. The van der Waals surface area contributed by atoms with Crippen LogP contribution in [-0.4, -0.2) is 48.1 Å². The lowest BCUT2D eigenvalue weighted by Gasteiger charge is -2.35. The molecule has 0 spiro atoms. The summed E-state index contributed by atoms with van der Waals surface area (Å²) in [6.07, 6.45) is 2.87. The average molecular weight is 317 g/mol. The van der Waals surface area contributed by atoms with Crippen LogP contribution in [0.15, 0.2) is 18.3 Å². The number of nitrogens with zero attached hydrogens (tertiary/aromatic N) is 2. The van der Waals surface area contributed by atoms with Gasteiger partial charge in [-0.05, 0) is 12.1 Å². The van der Waals surface area contributed by atoms with Crippen molar-refractivity contribution in [3.63, 3.8) is 0 Å². The minimum Gasteiger partial charge on any atom is -0.388 e. The largest absolute Gasteiger partial charge is 0.388 e. The summed E-state index contributed by atoms with van der Waals surface area (Å²) in [5, 5.41) is -0.507. The number of sulfone groups is 1. The molecule has 0 aromatic carbocycles. The minimum atomic E-state index is -3.14. The Kier molecular flexibility index (Phi) is 4.32. The molecular weight excluding hydrogens is 302 g/mol. The molecule has 0 aliphatic carbocycles. The Balaban J connectivity index is 2.38. The van der Waals surface area contributed by atoms with Gasteiger partial charge in [0.25, 0.3) is 0 Å². The molecule has 1 saturated heterocycles. The fourth-order valence-corrected chi connectivity index (χ4v) is 4.92. The number of anilines is 1. The normalized spacial score (nSPS) is 20.3. The van der Waals surface area contributed by atoms with Crippen molar-refractivity contribution in [2.75, 3.05) is 29.2 Å². The number of thiocarbonyl (C=S) groups is 1. The van der Waals surface area contributed by atoms with Gasteiger partial charge in [0.05, 0.1) is 5.69 Å². The lowest BCUT2D eigenvalue weighted by molar-refractivity contribution is 0.584. The van der Waals surface area contributed by atoms with Crippen LogP contribution in [0.5, 0.6) is 0 Å². The number of aromatic nitrogens is 1. The summed E-state index contributed by atoms with van der Waals surface area (Å²) in [4.78, 5) is 6.17. The molecule has 104 valence electrons. The molecule has 2 rings (SSSR count). The van der Waals surface area contributed by atoms with Crippen molar-refractivity contribution in [2.45, 2.75) is 5.37 Å². The maximum absolute atomic E-state index is 11.9. The Bertz CT molecular complexity index is 589. The van der Waals surface area contributed by atoms with E-state index < -0.39 is 15.2 Å². The van der Waals surface area contributed by atoms with Crippen LogP contribution in [0.2, 0.25) is 0 Å². The summed E-state index contributed by atoms with van der Waals surface area (Å²) in [6, 6.07) is 3.53. The summed E-state index contributed by atoms with van der Waals surface area (Å²) in [5.74, 6) is 1.47. The first-order chi connectivity index (χ1) is 8.89. The third-order valence-electron chi connectivity index (χ3n) is 2.91. The first kappa shape index (κ1) is 14.5. The van der Waals surface area contributed by atoms with Gasteiger partial charge in [0, 0.05) is 36.2 Å². The average Bonchev–Trinajstić information content (AvgIpc) is 2.38. The van der Waals surface area contributed by atoms with E-state index in [0.717, 1.165) is 11.4 Å². The number of hydrogen-bond donors (Lipinski definition) is 1. The summed E-state index contributed by atoms with van der Waals surface area (Å²) in [7, 11) is -3.14. The maximum atomic E-state index is 11.9. The molecule has 1 fully saturated rings. The predicted molar refractivity (Wildman–Crippen MR) is 83.4 cm³/mol. The second-order valence-corrected chi connectivity index (χ2v) is 8.11. The molecule has 2 heterocycles. The molecule has 8 heteroatoms. The van der Waals surface area contributed by atoms with Crippen molar-refractivity contribution in [2.24, 2.45) is 5.73 Å². The minimum absolute atomic E-state index is 0.212. The Hall–Kier alpha value is -0.860. The monoisotopic (exact) mass is 317 g/mol. The highest BCUT2D eigenvalue weighted by Gasteiger charge is 2.31. The zero-order valence-electron chi connectivity index (χ0n) is 10.4. The highest BCUT2D eigenvalue weighted by atomic mass is 32.2. The van der Waals surface area contributed by atoms with E-state index in [1.165, 1.54) is 6.26 Å². The Morgan fingerprint density at radius 3 is 3.00 bits per heavy atom. The van der Waals surface area contributed by atoms with Crippen molar-refractivity contribution in [1.29, 1.82) is 0 Å². The summed E-state index contributed by atoms with van der Waals surface area (Å²) < 4.78 is 23.7. The Morgan fingerprint density at radius 1 is 1.63 bits per heavy atom. The molecule has 1 atom stereocenters. The van der Waals surface area contributed by atoms with Crippen molar-refractivity contribution in [1.82, 2.24) is 4.98 Å². The Morgan fingerprint density at radius 2 is 2.37 bits per heavy atom. The first-order valence-corrected chi connectivity index (χ1v) is 9.20. The van der Waals surface area contributed by atoms with Gasteiger partial charge in [-0.3, -0.25) is 4.98 Å². The van der Waals surface area contributed by atoms with E-state index in [2.05, 4.69) is 4.98 Å². The molecular formula is C11H15N3O2S3. The van der Waals surface area contributed by atoms with Gasteiger partial charge in [-0.2, -0.15) is 11.8 Å². The third kappa shape index (κ3) is 3.37. The molecule has 0 bridgehead atoms. The summed E-state index contributed by atoms with van der Waals surface area (Å²) in [6.45, 7) is 0.684. The highest BCUT2D eigenvalue weighted by molar-refractivity contribution is 8.01. The van der Waals surface area contributed by atoms with Gasteiger partial charge >= 0.3 is 0 Å². The number of pyridine rings is 1. The number of thioether (sulfide) groups is 1. The molecule has 0 amide bonds. The van der Waals surface area contributed by atoms with E-state index in [1.54, 1.807) is 30.1 Å². The van der Waals surface area contributed by atoms with E-state index in [9.17, 15) is 8.42 Å². The molecule has 1 aromatic heterocycles.